The van der Waals surface area contributed by atoms with Gasteiger partial charge in [-0.2, -0.15) is 5.10 Å². The number of benzene rings is 1. The van der Waals surface area contributed by atoms with Crippen LogP contribution >= 0.6 is 0 Å². The molecule has 3 N–H and O–H groups in total. The number of alkyl carbamates (subject to hydrolysis) is 1. The van der Waals surface area contributed by atoms with E-state index in [0.29, 0.717) is 24.2 Å². The Labute approximate surface area is 188 Å². The second-order valence-corrected chi connectivity index (χ2v) is 10.3. The number of sulfone groups is 1. The van der Waals surface area contributed by atoms with Crippen LogP contribution in [-0.2, 0) is 38.9 Å². The molecule has 178 valence electrons. The van der Waals surface area contributed by atoms with Crippen molar-refractivity contribution in [3.05, 3.63) is 35.7 Å². The zero-order valence-electron chi connectivity index (χ0n) is 19.3. The van der Waals surface area contributed by atoms with E-state index in [-0.39, 0.29) is 28.1 Å². The zero-order chi connectivity index (χ0) is 24.1. The van der Waals surface area contributed by atoms with Gasteiger partial charge in [0.15, 0.2) is 0 Å². The monoisotopic (exact) mass is 468 g/mol. The topological polar surface area (TPSA) is 132 Å². The summed E-state index contributed by atoms with van der Waals surface area (Å²) in [4.78, 5) is 16.2. The summed E-state index contributed by atoms with van der Waals surface area (Å²) in [7, 11) is -3.90. The van der Waals surface area contributed by atoms with E-state index in [1.165, 1.54) is 12.1 Å². The lowest BCUT2D eigenvalue weighted by Crippen LogP contribution is -2.40. The van der Waals surface area contributed by atoms with Crippen LogP contribution in [0.3, 0.4) is 0 Å². The van der Waals surface area contributed by atoms with E-state index in [1.54, 1.807) is 44.5 Å². The van der Waals surface area contributed by atoms with E-state index in [0.717, 1.165) is 0 Å². The summed E-state index contributed by atoms with van der Waals surface area (Å²) in [5.74, 6) is 0. The molecule has 2 aromatic rings. The molecule has 1 heterocycles. The van der Waals surface area contributed by atoms with Crippen LogP contribution < -0.4 is 10.8 Å². The molecule has 0 aliphatic rings. The van der Waals surface area contributed by atoms with Crippen molar-refractivity contribution in [2.45, 2.75) is 82.4 Å². The van der Waals surface area contributed by atoms with E-state index in [1.807, 2.05) is 13.8 Å². The van der Waals surface area contributed by atoms with Crippen molar-refractivity contribution in [3.63, 3.8) is 0 Å². The third-order valence-electron chi connectivity index (χ3n) is 4.53. The van der Waals surface area contributed by atoms with Crippen molar-refractivity contribution < 1.29 is 28.2 Å². The van der Waals surface area contributed by atoms with Crippen LogP contribution in [0.2, 0.25) is 0 Å². The number of hydrogen-bond donors (Lipinski definition) is 3. The van der Waals surface area contributed by atoms with Crippen LogP contribution in [-0.4, -0.2) is 41.2 Å². The highest BCUT2D eigenvalue weighted by Gasteiger charge is 2.29. The molecule has 2 rings (SSSR count). The Morgan fingerprint density at radius 3 is 2.50 bits per heavy atom. The molecule has 1 aromatic carbocycles. The molecule has 1 atom stereocenters. The van der Waals surface area contributed by atoms with Crippen molar-refractivity contribution in [2.24, 2.45) is 0 Å². The van der Waals surface area contributed by atoms with Crippen molar-refractivity contribution >= 4 is 21.6 Å². The normalized spacial score (nSPS) is 13.0. The van der Waals surface area contributed by atoms with E-state index >= 15 is 0 Å². The number of rotatable bonds is 9. The van der Waals surface area contributed by atoms with Crippen molar-refractivity contribution in [1.29, 1.82) is 0 Å². The number of nitrogens with zero attached hydrogens (tertiary/aromatic N) is 2. The molecule has 0 unspecified atom stereocenters. The molecule has 0 fully saturated rings. The number of aryl methyl sites for hydroxylation is 1. The second-order valence-electron chi connectivity index (χ2n) is 8.38. The van der Waals surface area contributed by atoms with Gasteiger partial charge in [0, 0.05) is 6.04 Å². The summed E-state index contributed by atoms with van der Waals surface area (Å²) in [6.45, 7) is 11.1. The molecule has 0 aliphatic heterocycles. The molecule has 1 amide bonds. The minimum absolute atomic E-state index is 0.0448. The molecule has 0 saturated carbocycles. The Hall–Kier alpha value is -2.63. The number of hydrogen-bond acceptors (Lipinski definition) is 8. The first-order valence-corrected chi connectivity index (χ1v) is 11.9. The quantitative estimate of drug-likeness (QED) is 0.376. The standard InChI is InChI=1S/C21H32N4O6S/c1-7-17-19(32(28,29)16-11-9-10-15(12-16)24-31-27)18(8-2)25(23-17)13-14(3)22-20(26)30-21(4,5)6/h9-12,14,24,27H,7-8,13H2,1-6H3,(H,22,26)/t14-/m0/s1. The van der Waals surface area contributed by atoms with Crippen LogP contribution in [0.5, 0.6) is 0 Å². The van der Waals surface area contributed by atoms with Crippen molar-refractivity contribution in [3.8, 4) is 0 Å². The molecule has 0 bridgehead atoms. The van der Waals surface area contributed by atoms with Gasteiger partial charge in [-0.05, 0) is 58.7 Å². The minimum atomic E-state index is -3.90. The second kappa shape index (κ2) is 10.3. The number of anilines is 1. The minimum Gasteiger partial charge on any atom is -0.444 e. The Balaban J connectivity index is 2.39. The number of ether oxygens (including phenoxy) is 1. The Bertz CT molecular complexity index is 1040. The van der Waals surface area contributed by atoms with Crippen LogP contribution in [0.15, 0.2) is 34.1 Å². The van der Waals surface area contributed by atoms with Crippen molar-refractivity contribution in [1.82, 2.24) is 15.1 Å². The smallest absolute Gasteiger partial charge is 0.407 e. The summed E-state index contributed by atoms with van der Waals surface area (Å²) in [5, 5.41) is 15.9. The first-order chi connectivity index (χ1) is 14.9. The maximum atomic E-state index is 13.5. The predicted octanol–water partition coefficient (Wildman–Crippen LogP) is 3.57. The highest BCUT2D eigenvalue weighted by molar-refractivity contribution is 7.91. The van der Waals surface area contributed by atoms with Gasteiger partial charge >= 0.3 is 6.09 Å². The van der Waals surface area contributed by atoms with Gasteiger partial charge in [-0.25, -0.2) is 23.9 Å². The summed E-state index contributed by atoms with van der Waals surface area (Å²) in [6.07, 6.45) is 0.299. The highest BCUT2D eigenvalue weighted by Crippen LogP contribution is 2.30. The number of nitrogens with one attached hydrogen (secondary N) is 2. The molecule has 1 aromatic heterocycles. The molecular weight excluding hydrogens is 436 g/mol. The van der Waals surface area contributed by atoms with Gasteiger partial charge < -0.3 is 10.1 Å². The van der Waals surface area contributed by atoms with Gasteiger partial charge in [0.25, 0.3) is 0 Å². The van der Waals surface area contributed by atoms with E-state index in [9.17, 15) is 13.2 Å². The fraction of sp³-hybridized carbons (Fsp3) is 0.524. The summed E-state index contributed by atoms with van der Waals surface area (Å²) < 4.78 is 33.9. The molecule has 0 spiro atoms. The highest BCUT2D eigenvalue weighted by atomic mass is 32.2. The number of carbonyl (C=O) groups excluding carboxylic acids is 1. The number of amides is 1. The Morgan fingerprint density at radius 2 is 1.94 bits per heavy atom. The molecule has 10 nitrogen and oxygen atoms in total. The van der Waals surface area contributed by atoms with Gasteiger partial charge in [-0.1, -0.05) is 19.9 Å². The third-order valence-corrected chi connectivity index (χ3v) is 6.42. The molecule has 0 radical (unpaired) electrons. The fourth-order valence-electron chi connectivity index (χ4n) is 3.28. The Kier molecular flexibility index (Phi) is 8.27. The summed E-state index contributed by atoms with van der Waals surface area (Å²) >= 11 is 0. The van der Waals surface area contributed by atoms with Gasteiger partial charge in [0.05, 0.1) is 28.5 Å². The van der Waals surface area contributed by atoms with Gasteiger partial charge in [-0.15, -0.1) is 4.99 Å². The lowest BCUT2D eigenvalue weighted by molar-refractivity contribution is -0.215. The third kappa shape index (κ3) is 6.21. The molecule has 0 saturated heterocycles. The van der Waals surface area contributed by atoms with E-state index < -0.39 is 21.5 Å². The molecule has 32 heavy (non-hydrogen) atoms. The maximum absolute atomic E-state index is 13.5. The molecule has 0 aliphatic carbocycles. The Morgan fingerprint density at radius 1 is 1.25 bits per heavy atom. The van der Waals surface area contributed by atoms with Gasteiger partial charge in [0.1, 0.15) is 10.5 Å². The van der Waals surface area contributed by atoms with Gasteiger partial charge in [-0.3, -0.25) is 4.68 Å². The number of carbonyl (C=O) groups is 1. The first-order valence-electron chi connectivity index (χ1n) is 10.4. The van der Waals surface area contributed by atoms with E-state index in [2.05, 4.69) is 20.9 Å². The summed E-state index contributed by atoms with van der Waals surface area (Å²) in [5.41, 5.74) is 2.88. The maximum Gasteiger partial charge on any atom is 0.407 e. The number of aromatic nitrogens is 2. The molecular formula is C21H32N4O6S. The predicted molar refractivity (Wildman–Crippen MR) is 119 cm³/mol. The zero-order valence-corrected chi connectivity index (χ0v) is 20.1. The average Bonchev–Trinajstić information content (AvgIpc) is 3.04. The van der Waals surface area contributed by atoms with Crippen molar-refractivity contribution in [2.75, 3.05) is 5.48 Å². The van der Waals surface area contributed by atoms with Crippen LogP contribution in [0, 0.1) is 0 Å². The summed E-state index contributed by atoms with van der Waals surface area (Å²) in [6, 6.07) is 5.60. The lowest BCUT2D eigenvalue weighted by Gasteiger charge is -2.22. The SMILES string of the molecule is CCc1nn(C[C@H](C)NC(=O)OC(C)(C)C)c(CC)c1S(=O)(=O)c1cccc(NOO)c1. The average molecular weight is 469 g/mol. The fourth-order valence-corrected chi connectivity index (χ4v) is 5.11. The largest absolute Gasteiger partial charge is 0.444 e. The lowest BCUT2D eigenvalue weighted by atomic mass is 10.2. The molecule has 11 heteroatoms. The van der Waals surface area contributed by atoms with Gasteiger partial charge in [0.2, 0.25) is 9.84 Å². The van der Waals surface area contributed by atoms with E-state index in [4.69, 9.17) is 9.99 Å². The van der Waals surface area contributed by atoms with Crippen LogP contribution in [0.4, 0.5) is 10.5 Å². The van der Waals surface area contributed by atoms with Crippen LogP contribution in [0.1, 0.15) is 52.9 Å². The van der Waals surface area contributed by atoms with Crippen LogP contribution in [0.25, 0.3) is 0 Å². The first kappa shape index (κ1) is 25.6.